The predicted molar refractivity (Wildman–Crippen MR) is 548 cm³/mol. The first-order chi connectivity index (χ1) is 58.1. The summed E-state index contributed by atoms with van der Waals surface area (Å²) in [5.74, 6) is 7.36. The minimum atomic E-state index is 0.350. The lowest BCUT2D eigenvalue weighted by atomic mass is 9.94. The highest BCUT2D eigenvalue weighted by Crippen LogP contribution is 2.48. The Hall–Kier alpha value is -0.280. The van der Waals surface area contributed by atoms with E-state index in [9.17, 15) is 5.11 Å². The molecule has 0 aromatic heterocycles. The van der Waals surface area contributed by atoms with E-state index in [1.54, 1.807) is 29.4 Å². The highest BCUT2D eigenvalue weighted by molar-refractivity contribution is 8.03. The molecule has 0 spiro atoms. The molecule has 0 fully saturated rings. The molecule has 0 atom stereocenters. The van der Waals surface area contributed by atoms with Crippen molar-refractivity contribution in [1.29, 1.82) is 0 Å². The first-order valence-corrected chi connectivity index (χ1v) is 58.9. The molecule has 0 aliphatic heterocycles. The summed E-state index contributed by atoms with van der Waals surface area (Å²) >= 11 is 13.3. The highest BCUT2D eigenvalue weighted by Gasteiger charge is 2.20. The maximum Gasteiger partial charge on any atom is 0.0431 e. The minimum absolute atomic E-state index is 0.350. The zero-order valence-corrected chi connectivity index (χ0v) is 83.8. The number of aliphatic hydroxyl groups is 1. The lowest BCUT2D eigenvalue weighted by Gasteiger charge is -2.20. The Bertz CT molecular complexity index is 2510. The third-order valence-corrected chi connectivity index (χ3v) is 32.9. The summed E-state index contributed by atoms with van der Waals surface area (Å²) in [4.78, 5) is 9.39. The fraction of sp³-hybridized carbons (Fsp3) is 0.836. The molecule has 4 rings (SSSR count). The van der Waals surface area contributed by atoms with E-state index in [0.717, 1.165) is 6.42 Å². The maximum absolute atomic E-state index is 9.31. The fourth-order valence-corrected chi connectivity index (χ4v) is 24.8. The molecule has 1 nitrogen and oxygen atoms in total. The molecule has 4 aromatic rings. The van der Waals surface area contributed by atoms with Gasteiger partial charge in [-0.1, -0.05) is 503 Å². The van der Waals surface area contributed by atoms with Gasteiger partial charge in [0.05, 0.1) is 0 Å². The van der Waals surface area contributed by atoms with Crippen molar-refractivity contribution in [3.63, 3.8) is 0 Å². The van der Waals surface area contributed by atoms with Crippen molar-refractivity contribution in [3.8, 4) is 0 Å². The number of hydrogen-bond acceptors (Lipinski definition) is 7. The number of hydrogen-bond donors (Lipinski definition) is 1. The van der Waals surface area contributed by atoms with Crippen LogP contribution in [0.15, 0.2) is 65.8 Å². The van der Waals surface area contributed by atoms with Gasteiger partial charge in [0.2, 0.25) is 0 Å². The van der Waals surface area contributed by atoms with E-state index >= 15 is 0 Å². The van der Waals surface area contributed by atoms with Crippen molar-refractivity contribution >= 4 is 103 Å². The van der Waals surface area contributed by atoms with Crippen molar-refractivity contribution < 1.29 is 5.11 Å². The second-order valence-corrected chi connectivity index (χ2v) is 43.7. The van der Waals surface area contributed by atoms with Crippen LogP contribution in [0.4, 0.5) is 0 Å². The molecule has 678 valence electrons. The molecule has 0 unspecified atom stereocenters. The molecule has 4 aromatic carbocycles. The normalized spacial score (nSPS) is 11.9. The van der Waals surface area contributed by atoms with Crippen molar-refractivity contribution in [1.82, 2.24) is 0 Å². The van der Waals surface area contributed by atoms with E-state index in [2.05, 4.69) is 142 Å². The van der Waals surface area contributed by atoms with Crippen LogP contribution < -0.4 is 0 Å². The summed E-state index contributed by atoms with van der Waals surface area (Å²) in [5.41, 5.74) is 0. The van der Waals surface area contributed by atoms with Crippen molar-refractivity contribution in [2.75, 3.05) is 41.1 Å². The molecule has 0 heterocycles. The fourth-order valence-electron chi connectivity index (χ4n) is 17.9. The molecule has 0 aliphatic carbocycles. The molecule has 1 N–H and O–H groups in total. The topological polar surface area (TPSA) is 20.2 Å². The van der Waals surface area contributed by atoms with Crippen LogP contribution in [0.2, 0.25) is 0 Å². The second-order valence-electron chi connectivity index (χ2n) is 36.9. The highest BCUT2D eigenvalue weighted by atomic mass is 32.2. The number of unbranched alkanes of at least 4 members (excludes halogenated alkanes) is 74. The van der Waals surface area contributed by atoms with Crippen LogP contribution in [0.25, 0.3) is 32.3 Å². The first-order valence-electron chi connectivity index (χ1n) is 53.0. The summed E-state index contributed by atoms with van der Waals surface area (Å²) in [6.45, 7) is 12.0. The number of benzene rings is 4. The molecule has 0 radical (unpaired) electrons. The van der Waals surface area contributed by atoms with Crippen LogP contribution in [0.3, 0.4) is 0 Å². The van der Waals surface area contributed by atoms with Gasteiger partial charge in [-0.3, -0.25) is 0 Å². The SMILES string of the molecule is CCCCCCCCCCCCCCCCSc1cc2c(cc1SCCCCCCCCCCCCO)c1cc(SCCCCCCCCCCCCCCCC)c(SCCCCCCCCCCCCCCCC)cc1c1cc(SCCCCCCCCCCCCCCCC)c(SCCCCCCCCCCCCCCCC)cc21. The first kappa shape index (κ1) is 109. The lowest BCUT2D eigenvalue weighted by Crippen LogP contribution is -1.94. The van der Waals surface area contributed by atoms with Gasteiger partial charge < -0.3 is 5.11 Å². The van der Waals surface area contributed by atoms with Gasteiger partial charge in [-0.15, -0.1) is 70.6 Å². The van der Waals surface area contributed by atoms with Crippen LogP contribution in [0.5, 0.6) is 0 Å². The number of rotatable bonds is 93. The van der Waals surface area contributed by atoms with Crippen LogP contribution in [-0.4, -0.2) is 46.2 Å². The Kier molecular flexibility index (Phi) is 78.2. The molecule has 0 saturated carbocycles. The maximum atomic E-state index is 9.31. The van der Waals surface area contributed by atoms with Crippen molar-refractivity contribution in [2.45, 2.75) is 578 Å². The lowest BCUT2D eigenvalue weighted by molar-refractivity contribution is 0.282. The van der Waals surface area contributed by atoms with Gasteiger partial charge in [0.1, 0.15) is 0 Å². The second kappa shape index (κ2) is 83.9. The summed E-state index contributed by atoms with van der Waals surface area (Å²) in [5, 5.41) is 18.5. The van der Waals surface area contributed by atoms with Crippen molar-refractivity contribution in [2.24, 2.45) is 0 Å². The molecule has 0 saturated heterocycles. The molecule has 117 heavy (non-hydrogen) atoms. The van der Waals surface area contributed by atoms with Gasteiger partial charge in [0, 0.05) is 36.0 Å². The van der Waals surface area contributed by atoms with Gasteiger partial charge >= 0.3 is 0 Å². The third kappa shape index (κ3) is 59.4. The quantitative estimate of drug-likeness (QED) is 0.0267. The van der Waals surface area contributed by atoms with E-state index in [4.69, 9.17) is 0 Å². The van der Waals surface area contributed by atoms with Gasteiger partial charge in [0.25, 0.3) is 0 Å². The van der Waals surface area contributed by atoms with Gasteiger partial charge in [-0.2, -0.15) is 0 Å². The summed E-state index contributed by atoms with van der Waals surface area (Å²) in [7, 11) is 0. The monoisotopic (exact) mass is 1730 g/mol. The van der Waals surface area contributed by atoms with Crippen LogP contribution in [0.1, 0.15) is 548 Å². The predicted octanol–water partition coefficient (Wildman–Crippen LogP) is 42.0. The summed E-state index contributed by atoms with van der Waals surface area (Å²) in [6.07, 6.45) is 112. The Morgan fingerprint density at radius 2 is 0.231 bits per heavy atom. The average molecular weight is 1730 g/mol. The summed E-state index contributed by atoms with van der Waals surface area (Å²) in [6, 6.07) is 16.7. The number of fused-ring (bicyclic) bond motifs is 6. The minimum Gasteiger partial charge on any atom is -0.396 e. The third-order valence-electron chi connectivity index (χ3n) is 25.7. The Labute approximate surface area is 757 Å². The Morgan fingerprint density at radius 3 is 0.333 bits per heavy atom. The zero-order valence-electron chi connectivity index (χ0n) is 78.9. The van der Waals surface area contributed by atoms with Crippen LogP contribution >= 0.6 is 70.6 Å². The molecule has 0 amide bonds. The Morgan fingerprint density at radius 1 is 0.137 bits per heavy atom. The molecule has 0 bridgehead atoms. The zero-order chi connectivity index (χ0) is 82.9. The van der Waals surface area contributed by atoms with E-state index in [0.29, 0.717) is 6.61 Å². The summed E-state index contributed by atoms with van der Waals surface area (Å²) < 4.78 is 0. The van der Waals surface area contributed by atoms with E-state index in [1.807, 2.05) is 0 Å². The van der Waals surface area contributed by atoms with Crippen LogP contribution in [-0.2, 0) is 0 Å². The number of thioether (sulfide) groups is 6. The molecular formula is C110H196OS6. The molecule has 0 aliphatic rings. The van der Waals surface area contributed by atoms with Gasteiger partial charge in [0.15, 0.2) is 0 Å². The van der Waals surface area contributed by atoms with E-state index < -0.39 is 0 Å². The van der Waals surface area contributed by atoms with E-state index in [1.165, 1.54) is 574 Å². The molecular weight excluding hydrogens is 1530 g/mol. The van der Waals surface area contributed by atoms with Gasteiger partial charge in [-0.25, -0.2) is 0 Å². The van der Waals surface area contributed by atoms with Crippen LogP contribution in [0, 0.1) is 0 Å². The van der Waals surface area contributed by atoms with E-state index in [-0.39, 0.29) is 0 Å². The average Bonchev–Trinajstić information content (AvgIpc) is 0.726. The molecule has 7 heteroatoms. The smallest absolute Gasteiger partial charge is 0.0431 e. The largest absolute Gasteiger partial charge is 0.396 e. The standard InChI is InChI=1S/C110H196OS6/c1-6-11-16-21-26-31-36-41-46-52-59-66-73-80-87-112-105-93-99-100-94-106(113-88-81-74-67-60-53-47-42-37-32-27-22-17-12-7-2)108(115-90-83-76-69-62-55-49-44-39-34-29-24-19-14-9-4)96-102(100)104-98-110(117-92-85-78-71-64-57-51-58-65-72-79-86-111)109(116-91-84-77-70-63-56-50-45-40-35-30-25-20-15-10-5)97-103(104)101(99)95-107(105)114-89-82-75-68-61-54-48-43-38-33-28-23-18-13-8-3/h93-98,111H,6-92H2,1-5H3. The van der Waals surface area contributed by atoms with Crippen molar-refractivity contribution in [3.05, 3.63) is 36.4 Å². The Balaban J connectivity index is 1.72. The number of aliphatic hydroxyl groups excluding tert-OH is 1. The van der Waals surface area contributed by atoms with Gasteiger partial charge in [-0.05, 0) is 148 Å².